The van der Waals surface area contributed by atoms with Gasteiger partial charge in [0.1, 0.15) is 5.75 Å². The zero-order valence-electron chi connectivity index (χ0n) is 14.1. The molecule has 4 heteroatoms. The van der Waals surface area contributed by atoms with Crippen molar-refractivity contribution in [2.45, 2.75) is 45.6 Å². The lowest BCUT2D eigenvalue weighted by Gasteiger charge is -2.19. The van der Waals surface area contributed by atoms with Gasteiger partial charge in [-0.05, 0) is 80.5 Å². The van der Waals surface area contributed by atoms with Gasteiger partial charge in [0.15, 0.2) is 6.10 Å². The highest BCUT2D eigenvalue weighted by Gasteiger charge is 2.17. The van der Waals surface area contributed by atoms with Gasteiger partial charge in [-0.25, -0.2) is 0 Å². The Kier molecular flexibility index (Phi) is 5.10. The summed E-state index contributed by atoms with van der Waals surface area (Å²) in [5, 5.41) is 3.52. The summed E-state index contributed by atoms with van der Waals surface area (Å²) in [6, 6.07) is 11.6. The number of amides is 1. The number of aryl methyl sites for hydroxylation is 2. The average Bonchev–Trinajstić information content (AvgIpc) is 2.58. The fourth-order valence-corrected chi connectivity index (χ4v) is 3.19. The third-order valence-corrected chi connectivity index (χ3v) is 4.94. The van der Waals surface area contributed by atoms with Crippen LogP contribution in [-0.4, -0.2) is 12.0 Å². The van der Waals surface area contributed by atoms with E-state index < -0.39 is 6.10 Å². The first-order chi connectivity index (χ1) is 11.5. The molecule has 0 fully saturated rings. The molecular formula is C20H22ClNO2. The third-order valence-electron chi connectivity index (χ3n) is 4.53. The molecule has 1 aliphatic rings. The maximum absolute atomic E-state index is 12.4. The third kappa shape index (κ3) is 3.73. The monoisotopic (exact) mass is 343 g/mol. The van der Waals surface area contributed by atoms with Crippen molar-refractivity contribution in [2.75, 3.05) is 5.32 Å². The minimum Gasteiger partial charge on any atom is -0.481 e. The van der Waals surface area contributed by atoms with Crippen molar-refractivity contribution >= 4 is 23.2 Å². The minimum absolute atomic E-state index is 0.182. The van der Waals surface area contributed by atoms with E-state index in [1.165, 1.54) is 24.0 Å². The molecule has 0 saturated heterocycles. The number of ether oxygens (including phenoxy) is 1. The Labute approximate surface area is 148 Å². The highest BCUT2D eigenvalue weighted by molar-refractivity contribution is 6.31. The van der Waals surface area contributed by atoms with E-state index in [4.69, 9.17) is 16.3 Å². The van der Waals surface area contributed by atoms with Crippen molar-refractivity contribution in [1.82, 2.24) is 0 Å². The second-order valence-electron chi connectivity index (χ2n) is 6.30. The standard InChI is InChI=1S/C20H22ClNO2/c1-13-18(21)8-5-9-19(13)22-20(23)14(2)24-17-11-10-15-6-3-4-7-16(15)12-17/h5,8-12,14H,3-4,6-7H2,1-2H3,(H,22,23)/t14-/m1/s1. The summed E-state index contributed by atoms with van der Waals surface area (Å²) >= 11 is 6.09. The van der Waals surface area contributed by atoms with Crippen molar-refractivity contribution in [3.8, 4) is 5.75 Å². The first kappa shape index (κ1) is 16.8. The van der Waals surface area contributed by atoms with E-state index in [1.807, 2.05) is 25.1 Å². The molecule has 126 valence electrons. The Hall–Kier alpha value is -2.00. The summed E-state index contributed by atoms with van der Waals surface area (Å²) < 4.78 is 5.84. The summed E-state index contributed by atoms with van der Waals surface area (Å²) in [5.41, 5.74) is 4.32. The van der Waals surface area contributed by atoms with E-state index in [1.54, 1.807) is 13.0 Å². The summed E-state index contributed by atoms with van der Waals surface area (Å²) in [7, 11) is 0. The molecule has 0 unspecified atom stereocenters. The number of anilines is 1. The Balaban J connectivity index is 1.67. The summed E-state index contributed by atoms with van der Waals surface area (Å²) in [6.45, 7) is 3.64. The van der Waals surface area contributed by atoms with Crippen LogP contribution in [-0.2, 0) is 17.6 Å². The zero-order chi connectivity index (χ0) is 17.1. The van der Waals surface area contributed by atoms with Gasteiger partial charge < -0.3 is 10.1 Å². The fraction of sp³-hybridized carbons (Fsp3) is 0.350. The first-order valence-electron chi connectivity index (χ1n) is 8.39. The van der Waals surface area contributed by atoms with Crippen molar-refractivity contribution in [1.29, 1.82) is 0 Å². The molecule has 0 bridgehead atoms. The van der Waals surface area contributed by atoms with E-state index in [0.29, 0.717) is 10.7 Å². The van der Waals surface area contributed by atoms with E-state index in [-0.39, 0.29) is 5.91 Å². The predicted molar refractivity (Wildman–Crippen MR) is 98.0 cm³/mol. The largest absolute Gasteiger partial charge is 0.481 e. The van der Waals surface area contributed by atoms with Crippen molar-refractivity contribution in [2.24, 2.45) is 0 Å². The highest BCUT2D eigenvalue weighted by atomic mass is 35.5. The van der Waals surface area contributed by atoms with Gasteiger partial charge >= 0.3 is 0 Å². The first-order valence-corrected chi connectivity index (χ1v) is 8.77. The Bertz CT molecular complexity index is 757. The molecule has 1 atom stereocenters. The second-order valence-corrected chi connectivity index (χ2v) is 6.71. The molecule has 0 aromatic heterocycles. The maximum Gasteiger partial charge on any atom is 0.265 e. The van der Waals surface area contributed by atoms with Crippen molar-refractivity contribution in [3.05, 3.63) is 58.1 Å². The van der Waals surface area contributed by atoms with Crippen LogP contribution >= 0.6 is 11.6 Å². The van der Waals surface area contributed by atoms with E-state index >= 15 is 0 Å². The molecular weight excluding hydrogens is 322 g/mol. The van der Waals surface area contributed by atoms with E-state index in [2.05, 4.69) is 17.4 Å². The van der Waals surface area contributed by atoms with Crippen LogP contribution in [0.2, 0.25) is 5.02 Å². The fourth-order valence-electron chi connectivity index (χ4n) is 3.02. The van der Waals surface area contributed by atoms with Crippen molar-refractivity contribution < 1.29 is 9.53 Å². The molecule has 0 radical (unpaired) electrons. The van der Waals surface area contributed by atoms with Crippen LogP contribution in [0, 0.1) is 6.92 Å². The van der Waals surface area contributed by atoms with Gasteiger partial charge in [0.2, 0.25) is 0 Å². The zero-order valence-corrected chi connectivity index (χ0v) is 14.8. The number of carbonyl (C=O) groups is 1. The van der Waals surface area contributed by atoms with Crippen LogP contribution in [0.3, 0.4) is 0 Å². The van der Waals surface area contributed by atoms with Gasteiger partial charge in [-0.2, -0.15) is 0 Å². The van der Waals surface area contributed by atoms with Crippen LogP contribution in [0.25, 0.3) is 0 Å². The van der Waals surface area contributed by atoms with Gasteiger partial charge in [-0.3, -0.25) is 4.79 Å². The Morgan fingerprint density at radius 1 is 1.17 bits per heavy atom. The Morgan fingerprint density at radius 2 is 1.92 bits per heavy atom. The number of rotatable bonds is 4. The molecule has 0 saturated carbocycles. The van der Waals surface area contributed by atoms with E-state index in [0.717, 1.165) is 24.2 Å². The second kappa shape index (κ2) is 7.27. The molecule has 0 heterocycles. The summed E-state index contributed by atoms with van der Waals surface area (Å²) in [4.78, 5) is 12.4. The van der Waals surface area contributed by atoms with Crippen LogP contribution in [0.5, 0.6) is 5.75 Å². The number of halogens is 1. The SMILES string of the molecule is Cc1c(Cl)cccc1NC(=O)[C@@H](C)Oc1ccc2c(c1)CCCC2. The van der Waals surface area contributed by atoms with Crippen LogP contribution in [0.1, 0.15) is 36.5 Å². The summed E-state index contributed by atoms with van der Waals surface area (Å²) in [5.74, 6) is 0.569. The lowest BCUT2D eigenvalue weighted by Crippen LogP contribution is -2.30. The molecule has 1 N–H and O–H groups in total. The molecule has 0 spiro atoms. The van der Waals surface area contributed by atoms with Gasteiger partial charge in [0.25, 0.3) is 5.91 Å². The average molecular weight is 344 g/mol. The number of benzene rings is 2. The van der Waals surface area contributed by atoms with Gasteiger partial charge in [0.05, 0.1) is 0 Å². The Morgan fingerprint density at radius 3 is 2.71 bits per heavy atom. The highest BCUT2D eigenvalue weighted by Crippen LogP contribution is 2.26. The molecule has 1 amide bonds. The van der Waals surface area contributed by atoms with E-state index in [9.17, 15) is 4.79 Å². The number of hydrogen-bond acceptors (Lipinski definition) is 2. The topological polar surface area (TPSA) is 38.3 Å². The van der Waals surface area contributed by atoms with Crippen LogP contribution in [0.15, 0.2) is 36.4 Å². The lowest BCUT2D eigenvalue weighted by atomic mass is 9.92. The quantitative estimate of drug-likeness (QED) is 0.854. The molecule has 2 aromatic carbocycles. The number of hydrogen-bond donors (Lipinski definition) is 1. The van der Waals surface area contributed by atoms with Crippen LogP contribution in [0.4, 0.5) is 5.69 Å². The molecule has 3 nitrogen and oxygen atoms in total. The molecule has 24 heavy (non-hydrogen) atoms. The molecule has 3 rings (SSSR count). The normalized spacial score (nSPS) is 14.6. The predicted octanol–water partition coefficient (Wildman–Crippen LogP) is 4.93. The maximum atomic E-state index is 12.4. The number of fused-ring (bicyclic) bond motifs is 1. The molecule has 2 aromatic rings. The minimum atomic E-state index is -0.579. The number of nitrogens with one attached hydrogen (secondary N) is 1. The lowest BCUT2D eigenvalue weighted by molar-refractivity contribution is -0.122. The number of carbonyl (C=O) groups excluding carboxylic acids is 1. The van der Waals surface area contributed by atoms with Crippen molar-refractivity contribution in [3.63, 3.8) is 0 Å². The van der Waals surface area contributed by atoms with Gasteiger partial charge in [-0.1, -0.05) is 23.7 Å². The smallest absolute Gasteiger partial charge is 0.265 e. The molecule has 1 aliphatic carbocycles. The summed E-state index contributed by atoms with van der Waals surface area (Å²) in [6.07, 6.45) is 4.13. The van der Waals surface area contributed by atoms with Crippen LogP contribution < -0.4 is 10.1 Å². The molecule has 0 aliphatic heterocycles. The van der Waals surface area contributed by atoms with Gasteiger partial charge in [-0.15, -0.1) is 0 Å². The van der Waals surface area contributed by atoms with Gasteiger partial charge in [0, 0.05) is 10.7 Å².